The number of aliphatic hydroxyl groups is 1. The van der Waals surface area contributed by atoms with Crippen LogP contribution in [-0.2, 0) is 24.0 Å². The zero-order valence-corrected chi connectivity index (χ0v) is 30.9. The molecule has 2 amide bonds. The number of carbonyl (C=O) groups is 5. The molecule has 1 aromatic rings. The number of hydrazone groups is 1. The maximum absolute atomic E-state index is 13.8. The van der Waals surface area contributed by atoms with E-state index in [-0.39, 0.29) is 51.8 Å². The van der Waals surface area contributed by atoms with Crippen molar-refractivity contribution in [3.63, 3.8) is 0 Å². The molecule has 5 rings (SSSR count). The minimum Gasteiger partial charge on any atom is -0.506 e. The molecule has 3 aliphatic carbocycles. The van der Waals surface area contributed by atoms with E-state index in [1.165, 1.54) is 5.01 Å². The number of amides is 2. The van der Waals surface area contributed by atoms with E-state index >= 15 is 0 Å². The number of anilines is 2. The van der Waals surface area contributed by atoms with E-state index in [1.807, 2.05) is 52.5 Å². The Balaban J connectivity index is 1.51. The summed E-state index contributed by atoms with van der Waals surface area (Å²) in [6.45, 7) is 13.6. The Kier molecular flexibility index (Phi) is 10.9. The second-order valence-electron chi connectivity index (χ2n) is 16.1. The molecule has 2 saturated carbocycles. The Bertz CT molecular complexity index is 1630. The lowest BCUT2D eigenvalue weighted by molar-refractivity contribution is -0.130. The van der Waals surface area contributed by atoms with Crippen molar-refractivity contribution in [2.45, 2.75) is 125 Å². The number of allylic oxidation sites excluding steroid dienone is 2. The van der Waals surface area contributed by atoms with E-state index in [2.05, 4.69) is 10.4 Å². The SMILES string of the molecule is CCC(C)(C)C(=O)Nc1cc(N(CCC(=O)C2CCCC2)CCC(=O)C2CCCC2)ccc1C1=C(O)/C(=C2\C(=O)N(C(C)(C)C)N=C2C)C1=O. The molecule has 270 valence electrons. The first-order valence-corrected chi connectivity index (χ1v) is 18.4. The van der Waals surface area contributed by atoms with Crippen LogP contribution in [0.5, 0.6) is 0 Å². The lowest BCUT2D eigenvalue weighted by Crippen LogP contribution is -2.40. The van der Waals surface area contributed by atoms with Gasteiger partial charge in [0, 0.05) is 54.4 Å². The van der Waals surface area contributed by atoms with Gasteiger partial charge in [-0.15, -0.1) is 0 Å². The van der Waals surface area contributed by atoms with Crippen molar-refractivity contribution in [2.24, 2.45) is 22.4 Å². The van der Waals surface area contributed by atoms with E-state index in [0.717, 1.165) is 51.4 Å². The van der Waals surface area contributed by atoms with Gasteiger partial charge in [-0.2, -0.15) is 5.10 Å². The molecule has 0 unspecified atom stereocenters. The van der Waals surface area contributed by atoms with Gasteiger partial charge in [0.05, 0.1) is 33.7 Å². The highest BCUT2D eigenvalue weighted by Crippen LogP contribution is 2.44. The molecular weight excluding hydrogens is 632 g/mol. The molecule has 10 nitrogen and oxygen atoms in total. The number of carbonyl (C=O) groups excluding carboxylic acids is 5. The minimum atomic E-state index is -0.720. The third-order valence-corrected chi connectivity index (χ3v) is 11.1. The maximum Gasteiger partial charge on any atom is 0.277 e. The van der Waals surface area contributed by atoms with Crippen LogP contribution in [0.1, 0.15) is 125 Å². The minimum absolute atomic E-state index is 0.0119. The summed E-state index contributed by atoms with van der Waals surface area (Å²) >= 11 is 0. The summed E-state index contributed by atoms with van der Waals surface area (Å²) in [5.41, 5.74) is 0.388. The van der Waals surface area contributed by atoms with Gasteiger partial charge in [-0.3, -0.25) is 24.0 Å². The fourth-order valence-electron chi connectivity index (χ4n) is 7.40. The van der Waals surface area contributed by atoms with Crippen LogP contribution >= 0.6 is 0 Å². The first kappa shape index (κ1) is 37.2. The molecular formula is C40H54N4O6. The van der Waals surface area contributed by atoms with E-state index in [4.69, 9.17) is 0 Å². The first-order valence-electron chi connectivity index (χ1n) is 18.4. The maximum atomic E-state index is 13.8. The van der Waals surface area contributed by atoms with E-state index < -0.39 is 22.6 Å². The number of rotatable bonds is 13. The van der Waals surface area contributed by atoms with Crippen LogP contribution in [0, 0.1) is 17.3 Å². The molecule has 0 saturated heterocycles. The number of nitrogens with zero attached hydrogens (tertiary/aromatic N) is 3. The van der Waals surface area contributed by atoms with Gasteiger partial charge in [0.15, 0.2) is 0 Å². The summed E-state index contributed by atoms with van der Waals surface area (Å²) in [6.07, 6.45) is 9.27. The van der Waals surface area contributed by atoms with Gasteiger partial charge in [0.1, 0.15) is 17.3 Å². The molecule has 1 heterocycles. The third kappa shape index (κ3) is 7.49. The summed E-state index contributed by atoms with van der Waals surface area (Å²) < 4.78 is 0. The van der Waals surface area contributed by atoms with Crippen LogP contribution in [0.15, 0.2) is 40.2 Å². The molecule has 1 aromatic carbocycles. The van der Waals surface area contributed by atoms with Crippen molar-refractivity contribution < 1.29 is 29.1 Å². The largest absolute Gasteiger partial charge is 0.506 e. The lowest BCUT2D eigenvalue weighted by atomic mass is 9.79. The van der Waals surface area contributed by atoms with Gasteiger partial charge >= 0.3 is 0 Å². The second kappa shape index (κ2) is 14.6. The number of hydrogen-bond acceptors (Lipinski definition) is 8. The Morgan fingerprint density at radius 1 is 0.880 bits per heavy atom. The van der Waals surface area contributed by atoms with Crippen molar-refractivity contribution in [1.82, 2.24) is 5.01 Å². The fraction of sp³-hybridized carbons (Fsp3) is 0.600. The number of hydrogen-bond donors (Lipinski definition) is 2. The first-order chi connectivity index (χ1) is 23.5. The molecule has 4 aliphatic rings. The fourth-order valence-corrected chi connectivity index (χ4v) is 7.40. The number of ketones is 3. The van der Waals surface area contributed by atoms with E-state index in [9.17, 15) is 29.1 Å². The highest BCUT2D eigenvalue weighted by Gasteiger charge is 2.45. The average Bonchev–Trinajstić information content (AvgIpc) is 3.86. The highest BCUT2D eigenvalue weighted by molar-refractivity contribution is 6.44. The highest BCUT2D eigenvalue weighted by atomic mass is 16.3. The second-order valence-corrected chi connectivity index (χ2v) is 16.1. The summed E-state index contributed by atoms with van der Waals surface area (Å²) in [6, 6.07) is 5.27. The summed E-state index contributed by atoms with van der Waals surface area (Å²) in [5, 5.41) is 20.1. The lowest BCUT2D eigenvalue weighted by Gasteiger charge is -2.30. The summed E-state index contributed by atoms with van der Waals surface area (Å²) in [4.78, 5) is 69.1. The number of nitrogens with one attached hydrogen (secondary N) is 1. The zero-order valence-electron chi connectivity index (χ0n) is 30.9. The molecule has 10 heteroatoms. The summed E-state index contributed by atoms with van der Waals surface area (Å²) in [7, 11) is 0. The topological polar surface area (TPSA) is 136 Å². The van der Waals surface area contributed by atoms with Gasteiger partial charge in [0.25, 0.3) is 5.91 Å². The van der Waals surface area contributed by atoms with Crippen LogP contribution in [0.2, 0.25) is 0 Å². The van der Waals surface area contributed by atoms with Crippen LogP contribution in [0.25, 0.3) is 5.57 Å². The Labute approximate surface area is 296 Å². The number of aliphatic hydroxyl groups excluding tert-OH is 1. The molecule has 0 atom stereocenters. The molecule has 0 bridgehead atoms. The van der Waals surface area contributed by atoms with E-state index in [0.29, 0.717) is 55.0 Å². The third-order valence-electron chi connectivity index (χ3n) is 11.1. The Morgan fingerprint density at radius 3 is 1.88 bits per heavy atom. The van der Waals surface area contributed by atoms with Crippen molar-refractivity contribution in [3.8, 4) is 0 Å². The van der Waals surface area contributed by atoms with Crippen molar-refractivity contribution in [3.05, 3.63) is 40.7 Å². The van der Waals surface area contributed by atoms with Gasteiger partial charge in [0.2, 0.25) is 11.7 Å². The molecule has 0 aromatic heterocycles. The standard InChI is InChI=1S/C40H54N4O6/c1-8-40(6,7)38(50)41-29-23-27(43(21-19-30(45)25-13-9-10-14-25)22-20-31(46)26-15-11-12-16-26)17-18-28(29)33-35(47)34(36(33)48)32-24(2)42-44(37(32)49)39(3,4)5/h17-18,23,25-26,47H,8-16,19-22H2,1-7H3,(H,41,50)/b34-32+. The van der Waals surface area contributed by atoms with Crippen LogP contribution in [0.4, 0.5) is 11.4 Å². The van der Waals surface area contributed by atoms with Crippen molar-refractivity contribution >= 4 is 51.8 Å². The van der Waals surface area contributed by atoms with Gasteiger partial charge in [-0.05, 0) is 78.0 Å². The van der Waals surface area contributed by atoms with Crippen LogP contribution in [0.3, 0.4) is 0 Å². The smallest absolute Gasteiger partial charge is 0.277 e. The Hall–Kier alpha value is -4.08. The molecule has 2 N–H and O–H groups in total. The predicted octanol–water partition coefficient (Wildman–Crippen LogP) is 7.33. The molecule has 0 spiro atoms. The average molecular weight is 687 g/mol. The van der Waals surface area contributed by atoms with Crippen LogP contribution < -0.4 is 10.2 Å². The predicted molar refractivity (Wildman–Crippen MR) is 196 cm³/mol. The van der Waals surface area contributed by atoms with E-state index in [1.54, 1.807) is 19.1 Å². The Morgan fingerprint density at radius 2 is 1.42 bits per heavy atom. The van der Waals surface area contributed by atoms with Crippen LogP contribution in [-0.4, -0.2) is 63.6 Å². The van der Waals surface area contributed by atoms with Gasteiger partial charge in [-0.25, -0.2) is 5.01 Å². The molecule has 50 heavy (non-hydrogen) atoms. The van der Waals surface area contributed by atoms with Gasteiger partial charge in [-0.1, -0.05) is 46.5 Å². The normalized spacial score (nSPS) is 20.5. The quantitative estimate of drug-likeness (QED) is 0.207. The summed E-state index contributed by atoms with van der Waals surface area (Å²) in [5.74, 6) is -0.868. The van der Waals surface area contributed by atoms with Crippen molar-refractivity contribution in [1.29, 1.82) is 0 Å². The number of Topliss-reactive ketones (excluding diaryl/α,β-unsaturated/α-hetero) is 3. The van der Waals surface area contributed by atoms with Gasteiger partial charge < -0.3 is 15.3 Å². The zero-order chi connectivity index (χ0) is 36.5. The number of benzene rings is 1. The molecule has 2 fully saturated rings. The van der Waals surface area contributed by atoms with Crippen molar-refractivity contribution in [2.75, 3.05) is 23.3 Å². The monoisotopic (exact) mass is 686 g/mol. The molecule has 0 radical (unpaired) electrons. The molecule has 1 aliphatic heterocycles.